The number of ketones is 1. The number of carbonyl (C=O) groups is 7. The summed E-state index contributed by atoms with van der Waals surface area (Å²) in [5.74, 6) is -9.75. The second kappa shape index (κ2) is 12.3. The first-order valence-electron chi connectivity index (χ1n) is 10.9. The second-order valence-electron chi connectivity index (χ2n) is 7.16. The summed E-state index contributed by atoms with van der Waals surface area (Å²) in [6.07, 6.45) is 0.488. The van der Waals surface area contributed by atoms with Gasteiger partial charge in [-0.3, -0.25) is 9.36 Å². The van der Waals surface area contributed by atoms with E-state index in [1.54, 1.807) is 0 Å². The average Bonchev–Trinajstić information content (AvgIpc) is 3.43. The van der Waals surface area contributed by atoms with Crippen LogP contribution in [0.25, 0.3) is 0 Å². The van der Waals surface area contributed by atoms with E-state index in [0.29, 0.717) is 10.6 Å². The Bertz CT molecular complexity index is 1310. The van der Waals surface area contributed by atoms with Gasteiger partial charge < -0.3 is 33.2 Å². The van der Waals surface area contributed by atoms with E-state index in [1.165, 1.54) is 13.8 Å². The van der Waals surface area contributed by atoms with E-state index in [0.717, 1.165) is 28.4 Å². The van der Waals surface area contributed by atoms with Gasteiger partial charge in [-0.1, -0.05) is 0 Å². The maximum atomic E-state index is 13.6. The molecule has 0 radical (unpaired) electrons. The predicted molar refractivity (Wildman–Crippen MR) is 128 cm³/mol. The second-order valence-corrected chi connectivity index (χ2v) is 7.51. The van der Waals surface area contributed by atoms with Gasteiger partial charge >= 0.3 is 35.8 Å². The van der Waals surface area contributed by atoms with Crippen LogP contribution in [0.3, 0.4) is 0 Å². The minimum Gasteiger partial charge on any atom is -0.466 e. The van der Waals surface area contributed by atoms with Crippen LogP contribution in [0, 0.1) is 0 Å². The van der Waals surface area contributed by atoms with Crippen molar-refractivity contribution in [2.45, 2.75) is 19.4 Å². The molecule has 1 atom stereocenters. The zero-order valence-corrected chi connectivity index (χ0v) is 22.4. The molecule has 0 aliphatic carbocycles. The molecule has 0 N–H and O–H groups in total. The van der Waals surface area contributed by atoms with Crippen molar-refractivity contribution in [3.05, 3.63) is 34.2 Å². The zero-order valence-electron chi connectivity index (χ0n) is 21.6. The summed E-state index contributed by atoms with van der Waals surface area (Å²) in [5, 5.41) is -0.786. The van der Waals surface area contributed by atoms with Crippen LogP contribution in [0.5, 0.6) is 0 Å². The van der Waals surface area contributed by atoms with Gasteiger partial charge in [-0.25, -0.2) is 28.8 Å². The molecule has 1 aromatic heterocycles. The van der Waals surface area contributed by atoms with Crippen LogP contribution >= 0.6 is 12.2 Å². The number of carbonyl (C=O) groups excluding carboxylic acids is 7. The Hall–Kier alpha value is -4.60. The Kier molecular flexibility index (Phi) is 9.65. The molecular formula is C23H23NO14S. The van der Waals surface area contributed by atoms with Crippen LogP contribution in [0.1, 0.15) is 50.7 Å². The van der Waals surface area contributed by atoms with Crippen LogP contribution in [-0.2, 0) is 57.9 Å². The molecule has 0 spiro atoms. The summed E-state index contributed by atoms with van der Waals surface area (Å²) < 4.78 is 34.8. The Morgan fingerprint density at radius 3 is 1.90 bits per heavy atom. The fraction of sp³-hybridized carbons (Fsp3) is 0.391. The topological polar surface area (TPSA) is 189 Å². The molecular weight excluding hydrogens is 546 g/mol. The van der Waals surface area contributed by atoms with Crippen LogP contribution in [0.4, 0.5) is 0 Å². The third-order valence-corrected chi connectivity index (χ3v) is 5.46. The van der Waals surface area contributed by atoms with Crippen molar-refractivity contribution in [3.8, 4) is 0 Å². The molecule has 0 aromatic carbocycles. The number of methoxy groups -OCH3 is 4. The SMILES string of the molecule is CCOC(=O)C(=O)c1c(C(=O)OC)c(C(=O)OC)n2c1C(C(=O)OCC)(C(=CC(=O)OC)C(=O)OC)OC2=S. The van der Waals surface area contributed by atoms with Crippen molar-refractivity contribution in [1.82, 2.24) is 4.57 Å². The lowest BCUT2D eigenvalue weighted by atomic mass is 9.85. The van der Waals surface area contributed by atoms with Crippen molar-refractivity contribution in [2.75, 3.05) is 41.7 Å². The zero-order chi connectivity index (χ0) is 29.7. The highest BCUT2D eigenvalue weighted by Crippen LogP contribution is 2.46. The Balaban J connectivity index is 3.33. The molecule has 1 aliphatic heterocycles. The number of hydrogen-bond acceptors (Lipinski definition) is 15. The lowest BCUT2D eigenvalue weighted by Gasteiger charge is -2.27. The smallest absolute Gasteiger partial charge is 0.379 e. The number of aromatic nitrogens is 1. The van der Waals surface area contributed by atoms with E-state index in [9.17, 15) is 33.6 Å². The largest absolute Gasteiger partial charge is 0.466 e. The number of hydrogen-bond donors (Lipinski definition) is 0. The third-order valence-electron chi connectivity index (χ3n) is 5.19. The summed E-state index contributed by atoms with van der Waals surface area (Å²) in [6.45, 7) is 2.14. The Labute approximate surface area is 225 Å². The summed E-state index contributed by atoms with van der Waals surface area (Å²) in [5.41, 5.74) is -7.41. The minimum atomic E-state index is -2.99. The molecule has 39 heavy (non-hydrogen) atoms. The first-order chi connectivity index (χ1) is 18.4. The van der Waals surface area contributed by atoms with E-state index in [4.69, 9.17) is 40.6 Å². The fourth-order valence-electron chi connectivity index (χ4n) is 3.68. The average molecular weight is 569 g/mol. The molecule has 1 aliphatic rings. The van der Waals surface area contributed by atoms with Gasteiger partial charge in [-0.15, -0.1) is 0 Å². The van der Waals surface area contributed by atoms with Gasteiger partial charge in [0, 0.05) is 6.08 Å². The summed E-state index contributed by atoms with van der Waals surface area (Å²) in [7, 11) is 3.66. The highest BCUT2D eigenvalue weighted by Gasteiger charge is 2.63. The summed E-state index contributed by atoms with van der Waals surface area (Å²) in [4.78, 5) is 90.7. The first kappa shape index (κ1) is 30.6. The van der Waals surface area contributed by atoms with E-state index < -0.39 is 80.5 Å². The normalized spacial score (nSPS) is 15.8. The molecule has 0 saturated carbocycles. The van der Waals surface area contributed by atoms with Crippen molar-refractivity contribution < 1.29 is 66.7 Å². The quantitative estimate of drug-likeness (QED) is 0.0913. The van der Waals surface area contributed by atoms with Gasteiger partial charge in [-0.05, 0) is 26.1 Å². The molecule has 0 bridgehead atoms. The highest BCUT2D eigenvalue weighted by molar-refractivity contribution is 7.80. The monoisotopic (exact) mass is 569 g/mol. The predicted octanol–water partition coefficient (Wildman–Crippen LogP) is 0.00110. The summed E-state index contributed by atoms with van der Waals surface area (Å²) >= 11 is 5.21. The maximum Gasteiger partial charge on any atom is 0.379 e. The van der Waals surface area contributed by atoms with Crippen molar-refractivity contribution in [1.29, 1.82) is 0 Å². The van der Waals surface area contributed by atoms with E-state index in [-0.39, 0.29) is 13.2 Å². The highest BCUT2D eigenvalue weighted by atomic mass is 32.1. The van der Waals surface area contributed by atoms with Crippen molar-refractivity contribution in [2.24, 2.45) is 0 Å². The van der Waals surface area contributed by atoms with E-state index >= 15 is 0 Å². The number of thiocarbonyl (C=S) groups is 1. The van der Waals surface area contributed by atoms with Crippen molar-refractivity contribution >= 4 is 59.0 Å². The molecule has 1 aromatic rings. The van der Waals surface area contributed by atoms with Gasteiger partial charge in [0.2, 0.25) is 0 Å². The number of fused-ring (bicyclic) bond motifs is 1. The van der Waals surface area contributed by atoms with Gasteiger partial charge in [0.15, 0.2) is 5.69 Å². The maximum absolute atomic E-state index is 13.6. The Morgan fingerprint density at radius 2 is 1.41 bits per heavy atom. The van der Waals surface area contributed by atoms with Gasteiger partial charge in [0.25, 0.3) is 16.6 Å². The lowest BCUT2D eigenvalue weighted by Crippen LogP contribution is -2.44. The molecule has 2 heterocycles. The minimum absolute atomic E-state index is 0.286. The van der Waals surface area contributed by atoms with Gasteiger partial charge in [0.05, 0.1) is 52.9 Å². The molecule has 0 saturated heterocycles. The Morgan fingerprint density at radius 1 is 0.821 bits per heavy atom. The van der Waals surface area contributed by atoms with E-state index in [1.807, 2.05) is 0 Å². The standard InChI is InChI=1S/C23H23NO14S/c1-7-36-20(30)15(26)13-12(18(28)34-5)14(19(29)35-6)24-16(13)23(38-22(24)39,21(31)37-8-2)10(17(27)33-4)9-11(25)32-3/h9H,7-8H2,1-6H3. The molecule has 0 amide bonds. The number of esters is 6. The summed E-state index contributed by atoms with van der Waals surface area (Å²) in [6, 6.07) is 0. The number of Topliss-reactive ketones (excluding diaryl/α,β-unsaturated/α-hetero) is 1. The molecule has 1 unspecified atom stereocenters. The van der Waals surface area contributed by atoms with Gasteiger partial charge in [0.1, 0.15) is 11.1 Å². The van der Waals surface area contributed by atoms with Crippen molar-refractivity contribution in [3.63, 3.8) is 0 Å². The lowest BCUT2D eigenvalue weighted by molar-refractivity contribution is -0.162. The number of ether oxygens (including phenoxy) is 7. The van der Waals surface area contributed by atoms with Crippen LogP contribution in [-0.4, -0.2) is 93.0 Å². The van der Waals surface area contributed by atoms with Gasteiger partial charge in [-0.2, -0.15) is 0 Å². The molecule has 15 nitrogen and oxygen atoms in total. The van der Waals surface area contributed by atoms with E-state index in [2.05, 4.69) is 4.74 Å². The molecule has 2 rings (SSSR count). The third kappa shape index (κ3) is 5.09. The number of nitrogens with zero attached hydrogens (tertiary/aromatic N) is 1. The first-order valence-corrected chi connectivity index (χ1v) is 11.3. The number of rotatable bonds is 10. The van der Waals surface area contributed by atoms with Crippen LogP contribution < -0.4 is 0 Å². The van der Waals surface area contributed by atoms with Crippen LogP contribution in [0.15, 0.2) is 11.6 Å². The fourth-order valence-corrected chi connectivity index (χ4v) is 3.99. The molecule has 210 valence electrons. The van der Waals surface area contributed by atoms with Crippen LogP contribution in [0.2, 0.25) is 0 Å². The molecule has 0 fully saturated rings. The molecule has 16 heteroatoms.